The second-order valence-corrected chi connectivity index (χ2v) is 4.15. The first kappa shape index (κ1) is 12.2. The molecule has 15 heavy (non-hydrogen) atoms. The van der Waals surface area contributed by atoms with Gasteiger partial charge in [-0.25, -0.2) is 0 Å². The normalized spacial score (nSPS) is 14.6. The number of nitrogens with two attached hydrogens (primary N) is 1. The lowest BCUT2D eigenvalue weighted by Gasteiger charge is -2.19. The molecule has 3 N–H and O–H groups in total. The summed E-state index contributed by atoms with van der Waals surface area (Å²) in [6, 6.07) is 3.69. The fraction of sp³-hybridized carbons (Fsp3) is 0.545. The SMILES string of the molecule is CCC(C)[C@H](N)C(=S)NCc1ccco1. The first-order chi connectivity index (χ1) is 7.15. The Bertz CT molecular complexity index is 298. The highest BCUT2D eigenvalue weighted by Crippen LogP contribution is 2.07. The summed E-state index contributed by atoms with van der Waals surface area (Å²) < 4.78 is 5.19. The molecular formula is C11H18N2OS. The average molecular weight is 226 g/mol. The fourth-order valence-electron chi connectivity index (χ4n) is 1.22. The van der Waals surface area contributed by atoms with Crippen LogP contribution in [0.15, 0.2) is 22.8 Å². The van der Waals surface area contributed by atoms with Crippen molar-refractivity contribution in [3.63, 3.8) is 0 Å². The molecule has 0 saturated heterocycles. The first-order valence-electron chi connectivity index (χ1n) is 5.20. The van der Waals surface area contributed by atoms with E-state index in [0.29, 0.717) is 17.5 Å². The van der Waals surface area contributed by atoms with Gasteiger partial charge in [0, 0.05) is 0 Å². The summed E-state index contributed by atoms with van der Waals surface area (Å²) >= 11 is 5.21. The molecule has 3 nitrogen and oxygen atoms in total. The van der Waals surface area contributed by atoms with Gasteiger partial charge in [-0.1, -0.05) is 32.5 Å². The number of hydrogen-bond donors (Lipinski definition) is 2. The van der Waals surface area contributed by atoms with Crippen LogP contribution >= 0.6 is 12.2 Å². The van der Waals surface area contributed by atoms with Crippen molar-refractivity contribution < 1.29 is 4.42 Å². The summed E-state index contributed by atoms with van der Waals surface area (Å²) in [6.07, 6.45) is 2.68. The molecule has 1 heterocycles. The minimum absolute atomic E-state index is 0.0695. The summed E-state index contributed by atoms with van der Waals surface area (Å²) in [5, 5.41) is 3.11. The van der Waals surface area contributed by atoms with Crippen molar-refractivity contribution in [3.8, 4) is 0 Å². The van der Waals surface area contributed by atoms with E-state index in [2.05, 4.69) is 19.2 Å². The summed E-state index contributed by atoms with van der Waals surface area (Å²) in [5.74, 6) is 1.27. The zero-order chi connectivity index (χ0) is 11.3. The van der Waals surface area contributed by atoms with Crippen molar-refractivity contribution in [3.05, 3.63) is 24.2 Å². The molecule has 0 spiro atoms. The van der Waals surface area contributed by atoms with Gasteiger partial charge in [-0.15, -0.1) is 0 Å². The molecule has 0 saturated carbocycles. The zero-order valence-electron chi connectivity index (χ0n) is 9.19. The molecular weight excluding hydrogens is 208 g/mol. The predicted molar refractivity (Wildman–Crippen MR) is 65.6 cm³/mol. The number of hydrogen-bond acceptors (Lipinski definition) is 3. The third-order valence-electron chi connectivity index (χ3n) is 2.58. The van der Waals surface area contributed by atoms with E-state index in [0.717, 1.165) is 12.2 Å². The molecule has 0 radical (unpaired) electrons. The van der Waals surface area contributed by atoms with Gasteiger partial charge >= 0.3 is 0 Å². The van der Waals surface area contributed by atoms with E-state index in [1.165, 1.54) is 0 Å². The molecule has 1 aromatic heterocycles. The molecule has 84 valence electrons. The lowest BCUT2D eigenvalue weighted by atomic mass is 10.00. The second-order valence-electron chi connectivity index (χ2n) is 3.71. The van der Waals surface area contributed by atoms with Crippen LogP contribution in [-0.2, 0) is 6.54 Å². The van der Waals surface area contributed by atoms with Crippen molar-refractivity contribution in [2.24, 2.45) is 11.7 Å². The molecule has 0 aliphatic carbocycles. The highest BCUT2D eigenvalue weighted by atomic mass is 32.1. The number of nitrogens with one attached hydrogen (secondary N) is 1. The van der Waals surface area contributed by atoms with Gasteiger partial charge in [0.25, 0.3) is 0 Å². The van der Waals surface area contributed by atoms with E-state index in [1.807, 2.05) is 12.1 Å². The zero-order valence-corrected chi connectivity index (χ0v) is 10.0. The van der Waals surface area contributed by atoms with E-state index < -0.39 is 0 Å². The molecule has 0 fully saturated rings. The van der Waals surface area contributed by atoms with Gasteiger partial charge in [-0.2, -0.15) is 0 Å². The Labute approximate surface area is 96.0 Å². The Balaban J connectivity index is 2.36. The molecule has 4 heteroatoms. The Morgan fingerprint density at radius 1 is 1.67 bits per heavy atom. The summed E-state index contributed by atoms with van der Waals surface area (Å²) in [7, 11) is 0. The molecule has 1 rings (SSSR count). The maximum absolute atomic E-state index is 5.98. The smallest absolute Gasteiger partial charge is 0.122 e. The molecule has 0 bridgehead atoms. The van der Waals surface area contributed by atoms with Gasteiger partial charge in [-0.05, 0) is 18.1 Å². The third-order valence-corrected chi connectivity index (χ3v) is 2.99. The van der Waals surface area contributed by atoms with Gasteiger partial charge in [0.2, 0.25) is 0 Å². The Morgan fingerprint density at radius 3 is 2.93 bits per heavy atom. The van der Waals surface area contributed by atoms with Gasteiger partial charge in [0.15, 0.2) is 0 Å². The van der Waals surface area contributed by atoms with Crippen molar-refractivity contribution >= 4 is 17.2 Å². The second kappa shape index (κ2) is 5.88. The van der Waals surface area contributed by atoms with E-state index in [4.69, 9.17) is 22.4 Å². The van der Waals surface area contributed by atoms with Gasteiger partial charge in [0.05, 0.1) is 23.8 Å². The van der Waals surface area contributed by atoms with Gasteiger partial charge in [0.1, 0.15) is 5.76 Å². The van der Waals surface area contributed by atoms with Crippen LogP contribution in [0.25, 0.3) is 0 Å². The molecule has 1 aromatic rings. The van der Waals surface area contributed by atoms with E-state index in [9.17, 15) is 0 Å². The highest BCUT2D eigenvalue weighted by Gasteiger charge is 2.15. The quantitative estimate of drug-likeness (QED) is 0.755. The molecule has 2 atom stereocenters. The minimum Gasteiger partial charge on any atom is -0.467 e. The maximum atomic E-state index is 5.98. The van der Waals surface area contributed by atoms with Crippen LogP contribution in [0.4, 0.5) is 0 Å². The molecule has 0 aliphatic heterocycles. The van der Waals surface area contributed by atoms with Crippen LogP contribution in [0.3, 0.4) is 0 Å². The van der Waals surface area contributed by atoms with Crippen molar-refractivity contribution in [2.75, 3.05) is 0 Å². The van der Waals surface area contributed by atoms with Crippen molar-refractivity contribution in [1.29, 1.82) is 0 Å². The molecule has 0 aromatic carbocycles. The summed E-state index contributed by atoms with van der Waals surface area (Å²) in [4.78, 5) is 0.709. The van der Waals surface area contributed by atoms with Gasteiger partial charge < -0.3 is 15.5 Å². The van der Waals surface area contributed by atoms with E-state index in [1.54, 1.807) is 6.26 Å². The van der Waals surface area contributed by atoms with Crippen LogP contribution in [0, 0.1) is 5.92 Å². The summed E-state index contributed by atoms with van der Waals surface area (Å²) in [5.41, 5.74) is 5.98. The van der Waals surface area contributed by atoms with Crippen molar-refractivity contribution in [2.45, 2.75) is 32.9 Å². The lowest BCUT2D eigenvalue weighted by molar-refractivity contribution is 0.491. The number of furan rings is 1. The van der Waals surface area contributed by atoms with Crippen LogP contribution in [0.2, 0.25) is 0 Å². The van der Waals surface area contributed by atoms with Crippen molar-refractivity contribution in [1.82, 2.24) is 5.32 Å². The van der Waals surface area contributed by atoms with Gasteiger partial charge in [-0.3, -0.25) is 0 Å². The largest absolute Gasteiger partial charge is 0.467 e. The van der Waals surface area contributed by atoms with Crippen LogP contribution in [0.1, 0.15) is 26.0 Å². The standard InChI is InChI=1S/C11H18N2OS/c1-3-8(2)10(12)11(15)13-7-9-5-4-6-14-9/h4-6,8,10H,3,7,12H2,1-2H3,(H,13,15)/t8?,10-/m0/s1. The topological polar surface area (TPSA) is 51.2 Å². The maximum Gasteiger partial charge on any atom is 0.122 e. The highest BCUT2D eigenvalue weighted by molar-refractivity contribution is 7.80. The third kappa shape index (κ3) is 3.64. The number of thiocarbonyl (C=S) groups is 1. The van der Waals surface area contributed by atoms with Crippen LogP contribution in [-0.4, -0.2) is 11.0 Å². The average Bonchev–Trinajstić information content (AvgIpc) is 2.76. The van der Waals surface area contributed by atoms with Crippen LogP contribution in [0.5, 0.6) is 0 Å². The minimum atomic E-state index is -0.0695. The molecule has 0 aliphatic rings. The van der Waals surface area contributed by atoms with Crippen LogP contribution < -0.4 is 11.1 Å². The first-order valence-corrected chi connectivity index (χ1v) is 5.61. The molecule has 0 amide bonds. The fourth-order valence-corrected chi connectivity index (χ4v) is 1.52. The number of rotatable bonds is 5. The lowest BCUT2D eigenvalue weighted by Crippen LogP contribution is -2.43. The monoisotopic (exact) mass is 226 g/mol. The Morgan fingerprint density at radius 2 is 2.40 bits per heavy atom. The Hall–Kier alpha value is -0.870. The predicted octanol–water partition coefficient (Wildman–Crippen LogP) is 2.07. The Kier molecular flexibility index (Phi) is 4.78. The van der Waals surface area contributed by atoms with E-state index >= 15 is 0 Å². The van der Waals surface area contributed by atoms with E-state index in [-0.39, 0.29) is 6.04 Å². The molecule has 1 unspecified atom stereocenters. The summed E-state index contributed by atoms with van der Waals surface area (Å²) in [6.45, 7) is 4.82.